The van der Waals surface area contributed by atoms with Crippen molar-refractivity contribution in [2.24, 2.45) is 0 Å². The molecule has 0 radical (unpaired) electrons. The van der Waals surface area contributed by atoms with Crippen LogP contribution in [0.2, 0.25) is 0 Å². The van der Waals surface area contributed by atoms with Gasteiger partial charge in [0.25, 0.3) is 0 Å². The Bertz CT molecular complexity index is 1220. The first-order valence-electron chi connectivity index (χ1n) is 8.47. The maximum Gasteiger partial charge on any atom is 0.348 e. The van der Waals surface area contributed by atoms with Crippen molar-refractivity contribution < 1.29 is 27.1 Å². The fraction of sp³-hybridized carbons (Fsp3) is 0.105. The van der Waals surface area contributed by atoms with Gasteiger partial charge in [-0.15, -0.1) is 11.3 Å². The van der Waals surface area contributed by atoms with Gasteiger partial charge in [0.1, 0.15) is 4.88 Å². The Morgan fingerprint density at radius 2 is 1.77 bits per heavy atom. The summed E-state index contributed by atoms with van der Waals surface area (Å²) in [5.41, 5.74) is 2.03. The van der Waals surface area contributed by atoms with Gasteiger partial charge < -0.3 is 9.66 Å². The SMILES string of the molecule is Cc1ccccc1N(c1cc(-c2ccc(NS(C)(=O)=O)cc2)sc1C(=O)O)S(=O)[O-]. The predicted octanol–water partition coefficient (Wildman–Crippen LogP) is 3.73. The Labute approximate surface area is 180 Å². The summed E-state index contributed by atoms with van der Waals surface area (Å²) in [5, 5.41) is 9.65. The fourth-order valence-electron chi connectivity index (χ4n) is 2.83. The Hall–Kier alpha value is -2.73. The lowest BCUT2D eigenvalue weighted by molar-refractivity contribution is 0.0703. The molecule has 2 N–H and O–H groups in total. The molecule has 3 rings (SSSR count). The summed E-state index contributed by atoms with van der Waals surface area (Å²) in [5.74, 6) is -1.25. The highest BCUT2D eigenvalue weighted by molar-refractivity contribution is 7.92. The zero-order chi connectivity index (χ0) is 22.1. The van der Waals surface area contributed by atoms with Gasteiger partial charge in [0.2, 0.25) is 10.0 Å². The van der Waals surface area contributed by atoms with E-state index in [0.717, 1.165) is 21.9 Å². The number of hydrogen-bond acceptors (Lipinski definition) is 6. The average molecular weight is 466 g/mol. The molecule has 0 fully saturated rings. The molecule has 0 bridgehead atoms. The quantitative estimate of drug-likeness (QED) is 0.512. The van der Waals surface area contributed by atoms with Crippen molar-refractivity contribution in [1.82, 2.24) is 0 Å². The highest BCUT2D eigenvalue weighted by Gasteiger charge is 2.24. The number of nitrogens with zero attached hydrogens (tertiary/aromatic N) is 1. The van der Waals surface area contributed by atoms with Crippen LogP contribution in [0.25, 0.3) is 10.4 Å². The van der Waals surface area contributed by atoms with Crippen molar-refractivity contribution in [3.8, 4) is 10.4 Å². The van der Waals surface area contributed by atoms with Crippen molar-refractivity contribution in [2.75, 3.05) is 15.3 Å². The van der Waals surface area contributed by atoms with E-state index in [-0.39, 0.29) is 10.6 Å². The Morgan fingerprint density at radius 3 is 2.30 bits per heavy atom. The molecule has 0 amide bonds. The van der Waals surface area contributed by atoms with Crippen molar-refractivity contribution in [1.29, 1.82) is 0 Å². The van der Waals surface area contributed by atoms with Crippen LogP contribution in [-0.4, -0.2) is 34.5 Å². The van der Waals surface area contributed by atoms with Crippen LogP contribution in [-0.2, 0) is 21.3 Å². The van der Waals surface area contributed by atoms with E-state index in [4.69, 9.17) is 0 Å². The second-order valence-electron chi connectivity index (χ2n) is 6.38. The number of benzene rings is 2. The summed E-state index contributed by atoms with van der Waals surface area (Å²) in [6, 6.07) is 14.6. The van der Waals surface area contributed by atoms with Crippen molar-refractivity contribution in [3.63, 3.8) is 0 Å². The molecule has 1 atom stereocenters. The smallest absolute Gasteiger partial charge is 0.348 e. The summed E-state index contributed by atoms with van der Waals surface area (Å²) in [7, 11) is -3.42. The second-order valence-corrected chi connectivity index (χ2v) is 9.98. The molecule has 0 saturated heterocycles. The summed E-state index contributed by atoms with van der Waals surface area (Å²) in [6.07, 6.45) is 1.04. The molecule has 8 nitrogen and oxygen atoms in total. The third kappa shape index (κ3) is 4.87. The molecule has 1 unspecified atom stereocenters. The summed E-state index contributed by atoms with van der Waals surface area (Å²) >= 11 is -1.82. The minimum atomic E-state index is -3.42. The number of thiophene rings is 1. The summed E-state index contributed by atoms with van der Waals surface area (Å²) in [6.45, 7) is 1.73. The summed E-state index contributed by atoms with van der Waals surface area (Å²) < 4.78 is 50.0. The third-order valence-electron chi connectivity index (χ3n) is 4.08. The Balaban J connectivity index is 2.08. The Kier molecular flexibility index (Phi) is 6.27. The van der Waals surface area contributed by atoms with Gasteiger partial charge in [0, 0.05) is 10.6 Å². The van der Waals surface area contributed by atoms with E-state index in [1.165, 1.54) is 6.07 Å². The number of aromatic carboxylic acids is 1. The molecule has 0 saturated carbocycles. The van der Waals surface area contributed by atoms with Crippen LogP contribution >= 0.6 is 11.3 Å². The molecule has 0 aliphatic carbocycles. The molecule has 2 aromatic carbocycles. The van der Waals surface area contributed by atoms with Crippen molar-refractivity contribution in [3.05, 3.63) is 65.0 Å². The lowest BCUT2D eigenvalue weighted by Crippen LogP contribution is -2.21. The Morgan fingerprint density at radius 1 is 1.13 bits per heavy atom. The summed E-state index contributed by atoms with van der Waals surface area (Å²) in [4.78, 5) is 12.2. The first-order chi connectivity index (χ1) is 14.1. The highest BCUT2D eigenvalue weighted by Crippen LogP contribution is 2.41. The first kappa shape index (κ1) is 22.0. The number of carboxylic acids is 1. The number of carbonyl (C=O) groups is 1. The number of rotatable bonds is 7. The van der Waals surface area contributed by atoms with Crippen molar-refractivity contribution in [2.45, 2.75) is 6.92 Å². The van der Waals surface area contributed by atoms with E-state index < -0.39 is 27.3 Å². The van der Waals surface area contributed by atoms with E-state index >= 15 is 0 Å². The molecular formula is C19H17N2O6S3-. The zero-order valence-corrected chi connectivity index (χ0v) is 18.3. The predicted molar refractivity (Wildman–Crippen MR) is 117 cm³/mol. The molecule has 1 aromatic heterocycles. The topological polar surface area (TPSA) is 127 Å². The monoisotopic (exact) mass is 465 g/mol. The van der Waals surface area contributed by atoms with Gasteiger partial charge in [-0.25, -0.2) is 13.2 Å². The van der Waals surface area contributed by atoms with Crippen LogP contribution in [0.5, 0.6) is 0 Å². The van der Waals surface area contributed by atoms with Gasteiger partial charge in [0.15, 0.2) is 0 Å². The van der Waals surface area contributed by atoms with Gasteiger partial charge in [-0.1, -0.05) is 30.3 Å². The molecule has 158 valence electrons. The number of carboxylic acid groups (broad SMARTS) is 1. The molecular weight excluding hydrogens is 448 g/mol. The average Bonchev–Trinajstić information content (AvgIpc) is 3.08. The van der Waals surface area contributed by atoms with E-state index in [2.05, 4.69) is 4.72 Å². The van der Waals surface area contributed by atoms with Crippen LogP contribution in [0.15, 0.2) is 54.6 Å². The van der Waals surface area contributed by atoms with Crippen molar-refractivity contribution >= 4 is 55.7 Å². The maximum atomic E-state index is 12.0. The van der Waals surface area contributed by atoms with E-state index in [1.54, 1.807) is 55.5 Å². The number of hydrogen-bond donors (Lipinski definition) is 2. The second kappa shape index (κ2) is 8.56. The van der Waals surface area contributed by atoms with Gasteiger partial charge in [0.05, 0.1) is 28.9 Å². The maximum absolute atomic E-state index is 12.0. The van der Waals surface area contributed by atoms with Gasteiger partial charge in [-0.2, -0.15) is 0 Å². The lowest BCUT2D eigenvalue weighted by Gasteiger charge is -2.27. The van der Waals surface area contributed by atoms with E-state index in [0.29, 0.717) is 27.4 Å². The molecule has 3 aromatic rings. The molecule has 0 spiro atoms. The number of para-hydroxylation sites is 1. The van der Waals surface area contributed by atoms with Gasteiger partial charge in [-0.05, 0) is 42.3 Å². The zero-order valence-electron chi connectivity index (χ0n) is 15.9. The van der Waals surface area contributed by atoms with Crippen LogP contribution < -0.4 is 9.03 Å². The van der Waals surface area contributed by atoms with Crippen LogP contribution in [0.4, 0.5) is 17.1 Å². The van der Waals surface area contributed by atoms with Crippen LogP contribution in [0.3, 0.4) is 0 Å². The number of aryl methyl sites for hydroxylation is 1. The lowest BCUT2D eigenvalue weighted by atomic mass is 10.1. The van der Waals surface area contributed by atoms with Gasteiger partial charge in [-0.3, -0.25) is 13.2 Å². The number of sulfonamides is 1. The standard InChI is InChI=1S/C19H18N2O6S3/c1-12-5-3-4-6-15(12)21(29(24)25)16-11-17(28-18(16)19(22)23)13-7-9-14(10-8-13)20-30(2,26)27/h3-11,20H,1-2H3,(H,22,23)(H,24,25)/p-1. The highest BCUT2D eigenvalue weighted by atomic mass is 32.2. The number of anilines is 3. The minimum absolute atomic E-state index is 0.0310. The number of nitrogens with one attached hydrogen (secondary N) is 1. The molecule has 0 aliphatic rings. The molecule has 30 heavy (non-hydrogen) atoms. The normalized spacial score (nSPS) is 12.4. The van der Waals surface area contributed by atoms with Crippen LogP contribution in [0, 0.1) is 6.92 Å². The molecule has 0 aliphatic heterocycles. The molecule has 11 heteroatoms. The third-order valence-corrected chi connectivity index (χ3v) is 6.54. The largest absolute Gasteiger partial charge is 0.755 e. The van der Waals surface area contributed by atoms with E-state index in [1.807, 2.05) is 0 Å². The first-order valence-corrected chi connectivity index (χ1v) is 12.2. The fourth-order valence-corrected chi connectivity index (χ4v) is 5.10. The molecule has 1 heterocycles. The van der Waals surface area contributed by atoms with Gasteiger partial charge >= 0.3 is 5.97 Å². The minimum Gasteiger partial charge on any atom is -0.755 e. The van der Waals surface area contributed by atoms with Crippen LogP contribution in [0.1, 0.15) is 15.2 Å². The van der Waals surface area contributed by atoms with E-state index in [9.17, 15) is 27.1 Å².